The van der Waals surface area contributed by atoms with Crippen LogP contribution in [0.3, 0.4) is 0 Å². The highest BCUT2D eigenvalue weighted by Crippen LogP contribution is 2.35. The molecule has 1 saturated heterocycles. The number of carbonyl (C=O) groups is 1. The summed E-state index contributed by atoms with van der Waals surface area (Å²) in [6, 6.07) is 8.76. The number of aryl methyl sites for hydroxylation is 1. The van der Waals surface area contributed by atoms with Crippen LogP contribution in [0.5, 0.6) is 0 Å². The first-order valence-electron chi connectivity index (χ1n) is 8.30. The lowest BCUT2D eigenvalue weighted by Gasteiger charge is -2.37. The molecule has 3 nitrogen and oxygen atoms in total. The van der Waals surface area contributed by atoms with E-state index in [0.29, 0.717) is 24.9 Å². The number of ether oxygens (including phenoxy) is 1. The number of thiophene rings is 1. The van der Waals surface area contributed by atoms with Gasteiger partial charge in [-0.15, -0.1) is 0 Å². The molecular weight excluding hydrogens is 325 g/mol. The molecule has 128 valence electrons. The fraction of sp³-hybridized carbons (Fsp3) is 0.421. The number of halogens is 1. The lowest BCUT2D eigenvalue weighted by molar-refractivity contribution is -0.121. The van der Waals surface area contributed by atoms with Crippen molar-refractivity contribution >= 4 is 17.2 Å². The molecule has 1 aliphatic heterocycles. The summed E-state index contributed by atoms with van der Waals surface area (Å²) in [7, 11) is 0. The summed E-state index contributed by atoms with van der Waals surface area (Å²) in [5.74, 6) is -0.274. The number of amides is 1. The second kappa shape index (κ2) is 7.90. The molecule has 0 saturated carbocycles. The van der Waals surface area contributed by atoms with Gasteiger partial charge in [-0.25, -0.2) is 4.39 Å². The fourth-order valence-electron chi connectivity index (χ4n) is 3.20. The minimum absolute atomic E-state index is 0.0284. The second-order valence-electron chi connectivity index (χ2n) is 6.27. The van der Waals surface area contributed by atoms with Crippen molar-refractivity contribution in [2.24, 2.45) is 0 Å². The van der Waals surface area contributed by atoms with Crippen LogP contribution in [0, 0.1) is 5.82 Å². The Morgan fingerprint density at radius 2 is 2.04 bits per heavy atom. The van der Waals surface area contributed by atoms with E-state index in [1.165, 1.54) is 11.6 Å². The smallest absolute Gasteiger partial charge is 0.220 e. The van der Waals surface area contributed by atoms with Gasteiger partial charge in [0.2, 0.25) is 5.91 Å². The third-order valence-corrected chi connectivity index (χ3v) is 5.47. The quantitative estimate of drug-likeness (QED) is 0.866. The monoisotopic (exact) mass is 347 g/mol. The van der Waals surface area contributed by atoms with E-state index in [4.69, 9.17) is 4.74 Å². The summed E-state index contributed by atoms with van der Waals surface area (Å²) in [4.78, 5) is 12.2. The van der Waals surface area contributed by atoms with Gasteiger partial charge in [0.1, 0.15) is 5.82 Å². The average molecular weight is 347 g/mol. The standard InChI is InChI=1S/C19H22FNO2S/c20-17-4-2-1-3-15(17)5-6-18(22)21-14-19(8-10-23-11-9-19)16-7-12-24-13-16/h1-4,7,12-13H,5-6,8-11,14H2,(H,21,22). The first-order valence-corrected chi connectivity index (χ1v) is 9.24. The van der Waals surface area contributed by atoms with Crippen molar-refractivity contribution in [3.05, 3.63) is 58.0 Å². The summed E-state index contributed by atoms with van der Waals surface area (Å²) in [6.07, 6.45) is 2.55. The van der Waals surface area contributed by atoms with Crippen LogP contribution in [-0.2, 0) is 21.4 Å². The summed E-state index contributed by atoms with van der Waals surface area (Å²) >= 11 is 1.68. The zero-order chi connectivity index (χ0) is 16.8. The SMILES string of the molecule is O=C(CCc1ccccc1F)NCC1(c2ccsc2)CCOCC1. The van der Waals surface area contributed by atoms with Gasteiger partial charge in [-0.1, -0.05) is 18.2 Å². The van der Waals surface area contributed by atoms with Gasteiger partial charge in [-0.05, 0) is 53.3 Å². The van der Waals surface area contributed by atoms with Gasteiger partial charge in [0.15, 0.2) is 0 Å². The van der Waals surface area contributed by atoms with E-state index in [1.807, 2.05) is 0 Å². The van der Waals surface area contributed by atoms with E-state index < -0.39 is 0 Å². The molecule has 1 fully saturated rings. The number of nitrogens with one attached hydrogen (secondary N) is 1. The largest absolute Gasteiger partial charge is 0.381 e. The predicted molar refractivity (Wildman–Crippen MR) is 93.8 cm³/mol. The molecule has 1 N–H and O–H groups in total. The molecule has 0 bridgehead atoms. The normalized spacial score (nSPS) is 16.7. The van der Waals surface area contributed by atoms with Crippen LogP contribution in [0.4, 0.5) is 4.39 Å². The number of hydrogen-bond acceptors (Lipinski definition) is 3. The summed E-state index contributed by atoms with van der Waals surface area (Å²) in [5.41, 5.74) is 1.84. The van der Waals surface area contributed by atoms with E-state index in [1.54, 1.807) is 29.5 Å². The molecule has 1 aliphatic rings. The molecule has 2 heterocycles. The van der Waals surface area contributed by atoms with Crippen LogP contribution < -0.4 is 5.32 Å². The number of hydrogen-bond donors (Lipinski definition) is 1. The second-order valence-corrected chi connectivity index (χ2v) is 7.05. The van der Waals surface area contributed by atoms with Crippen molar-refractivity contribution in [3.8, 4) is 0 Å². The highest BCUT2D eigenvalue weighted by molar-refractivity contribution is 7.08. The van der Waals surface area contributed by atoms with Crippen LogP contribution in [0.1, 0.15) is 30.4 Å². The van der Waals surface area contributed by atoms with Crippen LogP contribution in [-0.4, -0.2) is 25.7 Å². The van der Waals surface area contributed by atoms with Crippen molar-refractivity contribution in [2.45, 2.75) is 31.1 Å². The Labute approximate surface area is 145 Å². The van der Waals surface area contributed by atoms with Gasteiger partial charge in [0.05, 0.1) is 0 Å². The fourth-order valence-corrected chi connectivity index (χ4v) is 3.98. The van der Waals surface area contributed by atoms with Crippen molar-refractivity contribution in [1.29, 1.82) is 0 Å². The van der Waals surface area contributed by atoms with Gasteiger partial charge in [-0.3, -0.25) is 4.79 Å². The first-order chi connectivity index (χ1) is 11.7. The van der Waals surface area contributed by atoms with E-state index >= 15 is 0 Å². The van der Waals surface area contributed by atoms with Crippen LogP contribution >= 0.6 is 11.3 Å². The van der Waals surface area contributed by atoms with Crippen molar-refractivity contribution in [2.75, 3.05) is 19.8 Å². The van der Waals surface area contributed by atoms with E-state index in [2.05, 4.69) is 22.1 Å². The van der Waals surface area contributed by atoms with E-state index in [-0.39, 0.29) is 17.1 Å². The van der Waals surface area contributed by atoms with Gasteiger partial charge in [0.25, 0.3) is 0 Å². The maximum absolute atomic E-state index is 13.6. The van der Waals surface area contributed by atoms with Gasteiger partial charge < -0.3 is 10.1 Å². The predicted octanol–water partition coefficient (Wildman–Crippen LogP) is 3.68. The van der Waals surface area contributed by atoms with E-state index in [9.17, 15) is 9.18 Å². The molecule has 1 amide bonds. The minimum atomic E-state index is -0.246. The summed E-state index contributed by atoms with van der Waals surface area (Å²) < 4.78 is 19.1. The first kappa shape index (κ1) is 17.1. The molecule has 1 aromatic heterocycles. The maximum atomic E-state index is 13.6. The van der Waals surface area contributed by atoms with Crippen LogP contribution in [0.25, 0.3) is 0 Å². The van der Waals surface area contributed by atoms with Crippen molar-refractivity contribution in [1.82, 2.24) is 5.32 Å². The topological polar surface area (TPSA) is 38.3 Å². The molecule has 0 atom stereocenters. The maximum Gasteiger partial charge on any atom is 0.220 e. The number of carbonyl (C=O) groups excluding carboxylic acids is 1. The molecule has 5 heteroatoms. The molecule has 0 radical (unpaired) electrons. The third kappa shape index (κ3) is 4.02. The molecule has 0 spiro atoms. The summed E-state index contributed by atoms with van der Waals surface area (Å²) in [6.45, 7) is 2.06. The number of benzene rings is 1. The van der Waals surface area contributed by atoms with Crippen molar-refractivity contribution < 1.29 is 13.9 Å². The molecule has 0 aliphatic carbocycles. The van der Waals surface area contributed by atoms with Gasteiger partial charge in [-0.2, -0.15) is 11.3 Å². The molecule has 0 unspecified atom stereocenters. The Morgan fingerprint density at radius 1 is 1.25 bits per heavy atom. The molecular formula is C19H22FNO2S. The lowest BCUT2D eigenvalue weighted by atomic mass is 9.75. The summed E-state index contributed by atoms with van der Waals surface area (Å²) in [5, 5.41) is 7.30. The van der Waals surface area contributed by atoms with Crippen LogP contribution in [0.2, 0.25) is 0 Å². The van der Waals surface area contributed by atoms with Gasteiger partial charge >= 0.3 is 0 Å². The lowest BCUT2D eigenvalue weighted by Crippen LogP contribution is -2.44. The zero-order valence-electron chi connectivity index (χ0n) is 13.6. The zero-order valence-corrected chi connectivity index (χ0v) is 14.4. The Morgan fingerprint density at radius 3 is 2.75 bits per heavy atom. The Kier molecular flexibility index (Phi) is 5.63. The van der Waals surface area contributed by atoms with Crippen LogP contribution in [0.15, 0.2) is 41.1 Å². The number of rotatable bonds is 6. The van der Waals surface area contributed by atoms with Crippen molar-refractivity contribution in [3.63, 3.8) is 0 Å². The molecule has 2 aromatic rings. The minimum Gasteiger partial charge on any atom is -0.381 e. The molecule has 3 rings (SSSR count). The Bertz CT molecular complexity index is 666. The highest BCUT2D eigenvalue weighted by Gasteiger charge is 2.35. The average Bonchev–Trinajstić information content (AvgIpc) is 3.15. The van der Waals surface area contributed by atoms with Gasteiger partial charge in [0, 0.05) is 31.6 Å². The highest BCUT2D eigenvalue weighted by atomic mass is 32.1. The third-order valence-electron chi connectivity index (χ3n) is 4.79. The Hall–Kier alpha value is -1.72. The molecule has 1 aromatic carbocycles. The van der Waals surface area contributed by atoms with E-state index in [0.717, 1.165) is 26.1 Å². The Balaban J connectivity index is 1.57. The molecule has 24 heavy (non-hydrogen) atoms.